The van der Waals surface area contributed by atoms with E-state index in [0.717, 1.165) is 4.47 Å². The zero-order chi connectivity index (χ0) is 14.5. The lowest BCUT2D eigenvalue weighted by Gasteiger charge is -2.02. The van der Waals surface area contributed by atoms with Crippen molar-refractivity contribution in [3.63, 3.8) is 0 Å². The van der Waals surface area contributed by atoms with Crippen LogP contribution in [0.4, 0.5) is 10.1 Å². The van der Waals surface area contributed by atoms with E-state index in [1.807, 2.05) is 0 Å². The topological polar surface area (TPSA) is 29.1 Å². The Kier molecular flexibility index (Phi) is 4.93. The predicted molar refractivity (Wildman–Crippen MR) is 82.6 cm³/mol. The van der Waals surface area contributed by atoms with E-state index in [-0.39, 0.29) is 11.5 Å². The third-order valence-electron chi connectivity index (χ3n) is 2.53. The first kappa shape index (κ1) is 14.8. The van der Waals surface area contributed by atoms with Crippen LogP contribution in [0.1, 0.15) is 10.4 Å². The van der Waals surface area contributed by atoms with Crippen molar-refractivity contribution in [2.75, 3.05) is 5.32 Å². The molecule has 0 spiro atoms. The Morgan fingerprint density at radius 1 is 1.20 bits per heavy atom. The molecule has 0 bridgehead atoms. The standard InChI is InChI=1S/C15H10BrClFNO/c16-11-3-1-10(2-4-11)15(20)7-8-19-14-6-5-12(17)9-13(14)18/h1-9,19H/b8-7-. The van der Waals surface area contributed by atoms with Crippen molar-refractivity contribution in [2.24, 2.45) is 0 Å². The molecule has 0 fully saturated rings. The Morgan fingerprint density at radius 3 is 2.55 bits per heavy atom. The predicted octanol–water partition coefficient (Wildman–Crippen LogP) is 5.05. The van der Waals surface area contributed by atoms with E-state index < -0.39 is 5.82 Å². The van der Waals surface area contributed by atoms with Gasteiger partial charge in [-0.2, -0.15) is 0 Å². The third kappa shape index (κ3) is 3.92. The first-order valence-electron chi connectivity index (χ1n) is 5.74. The molecule has 0 radical (unpaired) electrons. The summed E-state index contributed by atoms with van der Waals surface area (Å²) in [5, 5.41) is 3.03. The molecule has 2 nitrogen and oxygen atoms in total. The highest BCUT2D eigenvalue weighted by molar-refractivity contribution is 9.10. The van der Waals surface area contributed by atoms with Gasteiger partial charge in [-0.05, 0) is 42.5 Å². The minimum Gasteiger partial charge on any atom is -0.359 e. The second-order valence-corrected chi connectivity index (χ2v) is 5.33. The lowest BCUT2D eigenvalue weighted by Crippen LogP contribution is -1.97. The number of hydrogen-bond donors (Lipinski definition) is 1. The van der Waals surface area contributed by atoms with Crippen LogP contribution in [0.25, 0.3) is 0 Å². The summed E-state index contributed by atoms with van der Waals surface area (Å²) in [4.78, 5) is 11.8. The molecule has 0 aliphatic heterocycles. The zero-order valence-electron chi connectivity index (χ0n) is 10.2. The van der Waals surface area contributed by atoms with Gasteiger partial charge >= 0.3 is 0 Å². The highest BCUT2D eigenvalue weighted by Gasteiger charge is 2.02. The number of carbonyl (C=O) groups is 1. The molecule has 0 amide bonds. The molecule has 0 aromatic heterocycles. The van der Waals surface area contributed by atoms with Gasteiger partial charge < -0.3 is 5.32 Å². The maximum atomic E-state index is 13.5. The lowest BCUT2D eigenvalue weighted by atomic mass is 10.1. The minimum atomic E-state index is -0.474. The van der Waals surface area contributed by atoms with Gasteiger partial charge in [0.25, 0.3) is 0 Å². The Balaban J connectivity index is 2.02. The van der Waals surface area contributed by atoms with Gasteiger partial charge in [0, 0.05) is 27.3 Å². The highest BCUT2D eigenvalue weighted by Crippen LogP contribution is 2.18. The highest BCUT2D eigenvalue weighted by atomic mass is 79.9. The smallest absolute Gasteiger partial charge is 0.187 e. The van der Waals surface area contributed by atoms with Gasteiger partial charge in [0.1, 0.15) is 5.82 Å². The van der Waals surface area contributed by atoms with E-state index in [1.54, 1.807) is 30.3 Å². The Hall–Kier alpha value is -1.65. The average molecular weight is 355 g/mol. The van der Waals surface area contributed by atoms with Crippen LogP contribution < -0.4 is 5.32 Å². The number of hydrogen-bond acceptors (Lipinski definition) is 2. The van der Waals surface area contributed by atoms with Crippen LogP contribution >= 0.6 is 27.5 Å². The maximum Gasteiger partial charge on any atom is 0.187 e. The summed E-state index contributed by atoms with van der Waals surface area (Å²) in [6, 6.07) is 11.3. The van der Waals surface area contributed by atoms with Crippen molar-refractivity contribution in [1.82, 2.24) is 0 Å². The van der Waals surface area contributed by atoms with Gasteiger partial charge in [0.15, 0.2) is 5.78 Å². The molecule has 0 saturated carbocycles. The van der Waals surface area contributed by atoms with Crippen LogP contribution in [0.15, 0.2) is 59.2 Å². The van der Waals surface area contributed by atoms with Crippen LogP contribution in [0.2, 0.25) is 5.02 Å². The van der Waals surface area contributed by atoms with Gasteiger partial charge in [-0.15, -0.1) is 0 Å². The molecule has 2 aromatic carbocycles. The molecule has 0 aliphatic rings. The number of halogens is 3. The largest absolute Gasteiger partial charge is 0.359 e. The maximum absolute atomic E-state index is 13.5. The number of benzene rings is 2. The van der Waals surface area contributed by atoms with Crippen molar-refractivity contribution in [1.29, 1.82) is 0 Å². The Morgan fingerprint density at radius 2 is 1.90 bits per heavy atom. The second-order valence-electron chi connectivity index (χ2n) is 3.97. The van der Waals surface area contributed by atoms with Gasteiger partial charge in [0.05, 0.1) is 5.69 Å². The number of ketones is 1. The third-order valence-corrected chi connectivity index (χ3v) is 3.30. The Bertz CT molecular complexity index is 655. The van der Waals surface area contributed by atoms with E-state index in [9.17, 15) is 9.18 Å². The summed E-state index contributed by atoms with van der Waals surface area (Å²) in [6.45, 7) is 0. The molecule has 20 heavy (non-hydrogen) atoms. The molecule has 1 N–H and O–H groups in total. The molecule has 0 atom stereocenters. The molecular formula is C15H10BrClFNO. The van der Waals surface area contributed by atoms with Crippen molar-refractivity contribution in [2.45, 2.75) is 0 Å². The Labute approximate surface area is 129 Å². The minimum absolute atomic E-state index is 0.167. The molecule has 102 valence electrons. The van der Waals surface area contributed by atoms with Gasteiger partial charge in [-0.3, -0.25) is 4.79 Å². The molecule has 0 unspecified atom stereocenters. The van der Waals surface area contributed by atoms with Crippen molar-refractivity contribution in [3.8, 4) is 0 Å². The second kappa shape index (κ2) is 6.68. The lowest BCUT2D eigenvalue weighted by molar-refractivity contribution is 0.104. The van der Waals surface area contributed by atoms with E-state index in [1.165, 1.54) is 24.4 Å². The molecule has 0 saturated heterocycles. The summed E-state index contributed by atoms with van der Waals surface area (Å²) >= 11 is 8.95. The monoisotopic (exact) mass is 353 g/mol. The number of rotatable bonds is 4. The number of nitrogens with one attached hydrogen (secondary N) is 1. The normalized spacial score (nSPS) is 10.8. The van der Waals surface area contributed by atoms with Crippen LogP contribution in [-0.4, -0.2) is 5.78 Å². The van der Waals surface area contributed by atoms with E-state index in [0.29, 0.717) is 10.6 Å². The summed E-state index contributed by atoms with van der Waals surface area (Å²) < 4.78 is 14.4. The molecule has 5 heteroatoms. The van der Waals surface area contributed by atoms with Crippen molar-refractivity contribution >= 4 is 39.0 Å². The fraction of sp³-hybridized carbons (Fsp3) is 0. The summed E-state index contributed by atoms with van der Waals surface area (Å²) in [6.07, 6.45) is 2.74. The van der Waals surface area contributed by atoms with Crippen LogP contribution in [0, 0.1) is 5.82 Å². The van der Waals surface area contributed by atoms with Crippen molar-refractivity contribution < 1.29 is 9.18 Å². The fourth-order valence-corrected chi connectivity index (χ4v) is 1.95. The molecule has 2 aromatic rings. The first-order chi connectivity index (χ1) is 9.56. The van der Waals surface area contributed by atoms with Crippen LogP contribution in [0.3, 0.4) is 0 Å². The van der Waals surface area contributed by atoms with E-state index in [4.69, 9.17) is 11.6 Å². The molecule has 0 aliphatic carbocycles. The number of anilines is 1. The molecule has 0 heterocycles. The summed E-state index contributed by atoms with van der Waals surface area (Å²) in [5.74, 6) is -0.641. The quantitative estimate of drug-likeness (QED) is 0.615. The summed E-state index contributed by atoms with van der Waals surface area (Å²) in [7, 11) is 0. The molecular weight excluding hydrogens is 345 g/mol. The number of allylic oxidation sites excluding steroid dienone is 1. The van der Waals surface area contributed by atoms with Crippen LogP contribution in [-0.2, 0) is 0 Å². The SMILES string of the molecule is O=C(/C=C\Nc1ccc(Cl)cc1F)c1ccc(Br)cc1. The zero-order valence-corrected chi connectivity index (χ0v) is 12.6. The van der Waals surface area contributed by atoms with Crippen LogP contribution in [0.5, 0.6) is 0 Å². The average Bonchev–Trinajstić information content (AvgIpc) is 2.42. The van der Waals surface area contributed by atoms with Gasteiger partial charge in [-0.25, -0.2) is 4.39 Å². The van der Waals surface area contributed by atoms with Crippen molar-refractivity contribution in [3.05, 3.63) is 75.6 Å². The summed E-state index contributed by atoms with van der Waals surface area (Å²) in [5.41, 5.74) is 0.817. The first-order valence-corrected chi connectivity index (χ1v) is 6.91. The van der Waals surface area contributed by atoms with E-state index in [2.05, 4.69) is 21.2 Å². The van der Waals surface area contributed by atoms with E-state index >= 15 is 0 Å². The van der Waals surface area contributed by atoms with Gasteiger partial charge in [0.2, 0.25) is 0 Å². The molecule has 2 rings (SSSR count). The fourth-order valence-electron chi connectivity index (χ4n) is 1.52. The van der Waals surface area contributed by atoms with Gasteiger partial charge in [-0.1, -0.05) is 27.5 Å². The number of carbonyl (C=O) groups excluding carboxylic acids is 1.